The quantitative estimate of drug-likeness (QED) is 0.856. The van der Waals surface area contributed by atoms with Crippen molar-refractivity contribution in [2.75, 3.05) is 0 Å². The van der Waals surface area contributed by atoms with E-state index < -0.39 is 0 Å². The number of rotatable bonds is 3. The summed E-state index contributed by atoms with van der Waals surface area (Å²) < 4.78 is 0. The predicted octanol–water partition coefficient (Wildman–Crippen LogP) is 4.25. The van der Waals surface area contributed by atoms with Crippen molar-refractivity contribution in [3.8, 4) is 0 Å². The number of nitrogens with two attached hydrogens (primary N) is 1. The number of aryl methyl sites for hydroxylation is 1. The molecule has 0 saturated heterocycles. The molecule has 0 amide bonds. The molecule has 96 valence electrons. The van der Waals surface area contributed by atoms with E-state index in [0.717, 1.165) is 6.42 Å². The second-order valence-corrected chi connectivity index (χ2v) is 5.02. The maximum atomic E-state index is 6.36. The first-order chi connectivity index (χ1) is 7.81. The Morgan fingerprint density at radius 3 is 2.24 bits per heavy atom. The molecular weight excluding hydrogens is 230 g/mol. The Bertz CT molecular complexity index is 314. The lowest BCUT2D eigenvalue weighted by Crippen LogP contribution is -2.23. The topological polar surface area (TPSA) is 26.0 Å². The van der Waals surface area contributed by atoms with Crippen LogP contribution in [0.1, 0.15) is 56.2 Å². The highest BCUT2D eigenvalue weighted by Gasteiger charge is 2.21. The molecule has 1 aliphatic rings. The summed E-state index contributed by atoms with van der Waals surface area (Å²) in [5.74, 6) is 0.709. The minimum absolute atomic E-state index is 0. The Kier molecular flexibility index (Phi) is 6.01. The van der Waals surface area contributed by atoms with E-state index in [4.69, 9.17) is 5.73 Å². The van der Waals surface area contributed by atoms with E-state index in [-0.39, 0.29) is 18.4 Å². The van der Waals surface area contributed by atoms with Gasteiger partial charge in [-0.1, -0.05) is 50.5 Å². The molecule has 1 saturated carbocycles. The molecule has 0 aliphatic heterocycles. The Labute approximate surface area is 111 Å². The molecule has 0 radical (unpaired) electrons. The monoisotopic (exact) mass is 253 g/mol. The first-order valence-electron chi connectivity index (χ1n) is 6.65. The van der Waals surface area contributed by atoms with Gasteiger partial charge in [-0.25, -0.2) is 0 Å². The lowest BCUT2D eigenvalue weighted by molar-refractivity contribution is 0.308. The zero-order valence-electron chi connectivity index (χ0n) is 10.7. The van der Waals surface area contributed by atoms with Gasteiger partial charge < -0.3 is 5.73 Å². The maximum absolute atomic E-state index is 6.36. The van der Waals surface area contributed by atoms with Gasteiger partial charge in [-0.2, -0.15) is 0 Å². The fourth-order valence-corrected chi connectivity index (χ4v) is 2.74. The Morgan fingerprint density at radius 2 is 1.71 bits per heavy atom. The molecule has 0 aromatic heterocycles. The van der Waals surface area contributed by atoms with Gasteiger partial charge in [0.2, 0.25) is 0 Å². The lowest BCUT2D eigenvalue weighted by atomic mass is 9.81. The Hall–Kier alpha value is -0.530. The Morgan fingerprint density at radius 1 is 1.12 bits per heavy atom. The third-order valence-corrected chi connectivity index (χ3v) is 3.93. The van der Waals surface area contributed by atoms with E-state index in [1.165, 1.54) is 43.2 Å². The van der Waals surface area contributed by atoms with Crippen LogP contribution >= 0.6 is 12.4 Å². The standard InChI is InChI=1S/C15H23N.ClH/c1-2-12-8-10-14(11-9-12)15(16)13-6-4-3-5-7-13;/h8-11,13,15H,2-7,16H2,1H3;1H/t15-;/m1./s1. The van der Waals surface area contributed by atoms with Crippen LogP contribution in [-0.2, 0) is 6.42 Å². The SMILES string of the molecule is CCc1ccc([C@H](N)C2CCCCC2)cc1.Cl. The first-order valence-corrected chi connectivity index (χ1v) is 6.65. The molecular formula is C15H24ClN. The molecule has 1 nitrogen and oxygen atoms in total. The van der Waals surface area contributed by atoms with Crippen LogP contribution in [0, 0.1) is 5.92 Å². The van der Waals surface area contributed by atoms with Gasteiger partial charge in [0.25, 0.3) is 0 Å². The van der Waals surface area contributed by atoms with Crippen molar-refractivity contribution in [2.45, 2.75) is 51.5 Å². The van der Waals surface area contributed by atoms with Crippen LogP contribution in [0.3, 0.4) is 0 Å². The summed E-state index contributed by atoms with van der Waals surface area (Å²) in [6.45, 7) is 2.19. The Balaban J connectivity index is 0.00000144. The normalized spacial score (nSPS) is 18.5. The molecule has 1 aliphatic carbocycles. The third-order valence-electron chi connectivity index (χ3n) is 3.93. The molecule has 17 heavy (non-hydrogen) atoms. The highest BCUT2D eigenvalue weighted by Crippen LogP contribution is 2.32. The van der Waals surface area contributed by atoms with Crippen LogP contribution in [-0.4, -0.2) is 0 Å². The summed E-state index contributed by atoms with van der Waals surface area (Å²) in [4.78, 5) is 0. The highest BCUT2D eigenvalue weighted by atomic mass is 35.5. The smallest absolute Gasteiger partial charge is 0.0323 e. The molecule has 0 bridgehead atoms. The summed E-state index contributed by atoms with van der Waals surface area (Å²) in [6.07, 6.45) is 7.88. The van der Waals surface area contributed by atoms with E-state index >= 15 is 0 Å². The molecule has 2 heteroatoms. The highest BCUT2D eigenvalue weighted by molar-refractivity contribution is 5.85. The third kappa shape index (κ3) is 3.72. The zero-order chi connectivity index (χ0) is 11.4. The van der Waals surface area contributed by atoms with Gasteiger partial charge in [0, 0.05) is 6.04 Å². The molecule has 2 N–H and O–H groups in total. The van der Waals surface area contributed by atoms with Crippen molar-refractivity contribution in [2.24, 2.45) is 11.7 Å². The van der Waals surface area contributed by atoms with Crippen molar-refractivity contribution in [3.63, 3.8) is 0 Å². The van der Waals surface area contributed by atoms with Crippen molar-refractivity contribution in [3.05, 3.63) is 35.4 Å². The average Bonchev–Trinajstić information content (AvgIpc) is 2.39. The number of benzene rings is 1. The molecule has 1 aromatic carbocycles. The van der Waals surface area contributed by atoms with Crippen LogP contribution in [0.2, 0.25) is 0 Å². The van der Waals surface area contributed by atoms with E-state index in [2.05, 4.69) is 31.2 Å². The van der Waals surface area contributed by atoms with Crippen LogP contribution in [0.4, 0.5) is 0 Å². The average molecular weight is 254 g/mol. The summed E-state index contributed by atoms with van der Waals surface area (Å²) in [7, 11) is 0. The van der Waals surface area contributed by atoms with Gasteiger partial charge in [0.1, 0.15) is 0 Å². The van der Waals surface area contributed by atoms with Gasteiger partial charge in [-0.15, -0.1) is 12.4 Å². The molecule has 1 aromatic rings. The van der Waals surface area contributed by atoms with E-state index in [9.17, 15) is 0 Å². The summed E-state index contributed by atoms with van der Waals surface area (Å²) >= 11 is 0. The molecule has 0 spiro atoms. The predicted molar refractivity (Wildman–Crippen MR) is 76.6 cm³/mol. The van der Waals surface area contributed by atoms with Crippen LogP contribution in [0.5, 0.6) is 0 Å². The number of hydrogen-bond donors (Lipinski definition) is 1. The van der Waals surface area contributed by atoms with Crippen molar-refractivity contribution in [1.82, 2.24) is 0 Å². The summed E-state index contributed by atoms with van der Waals surface area (Å²) in [6, 6.07) is 9.14. The second kappa shape index (κ2) is 7.03. The first kappa shape index (κ1) is 14.5. The van der Waals surface area contributed by atoms with Crippen LogP contribution in [0.25, 0.3) is 0 Å². The molecule has 2 rings (SSSR count). The molecule has 0 unspecified atom stereocenters. The van der Waals surface area contributed by atoms with E-state index in [0.29, 0.717) is 5.92 Å². The van der Waals surface area contributed by atoms with Crippen molar-refractivity contribution in [1.29, 1.82) is 0 Å². The fourth-order valence-electron chi connectivity index (χ4n) is 2.74. The maximum Gasteiger partial charge on any atom is 0.0323 e. The van der Waals surface area contributed by atoms with Gasteiger partial charge >= 0.3 is 0 Å². The fraction of sp³-hybridized carbons (Fsp3) is 0.600. The van der Waals surface area contributed by atoms with Crippen molar-refractivity contribution < 1.29 is 0 Å². The van der Waals surface area contributed by atoms with Crippen molar-refractivity contribution >= 4 is 12.4 Å². The molecule has 1 atom stereocenters. The molecule has 1 fully saturated rings. The van der Waals surface area contributed by atoms with E-state index in [1.807, 2.05) is 0 Å². The minimum atomic E-state index is 0. The van der Waals surface area contributed by atoms with Gasteiger partial charge in [0.15, 0.2) is 0 Å². The molecule has 0 heterocycles. The zero-order valence-corrected chi connectivity index (χ0v) is 11.5. The lowest BCUT2D eigenvalue weighted by Gasteiger charge is -2.27. The van der Waals surface area contributed by atoms with Gasteiger partial charge in [-0.05, 0) is 36.3 Å². The second-order valence-electron chi connectivity index (χ2n) is 5.02. The largest absolute Gasteiger partial charge is 0.324 e. The number of hydrogen-bond acceptors (Lipinski definition) is 1. The summed E-state index contributed by atoms with van der Waals surface area (Å²) in [5, 5.41) is 0. The number of halogens is 1. The van der Waals surface area contributed by atoms with Crippen LogP contribution < -0.4 is 5.73 Å². The minimum Gasteiger partial charge on any atom is -0.324 e. The van der Waals surface area contributed by atoms with E-state index in [1.54, 1.807) is 0 Å². The van der Waals surface area contributed by atoms with Gasteiger partial charge in [0.05, 0.1) is 0 Å². The summed E-state index contributed by atoms with van der Waals surface area (Å²) in [5.41, 5.74) is 9.09. The van der Waals surface area contributed by atoms with Gasteiger partial charge in [-0.3, -0.25) is 0 Å². The van der Waals surface area contributed by atoms with Crippen LogP contribution in [0.15, 0.2) is 24.3 Å².